The fourth-order valence-corrected chi connectivity index (χ4v) is 7.10. The molecule has 1 aromatic rings. The lowest BCUT2D eigenvalue weighted by Gasteiger charge is -2.62. The zero-order valence-electron chi connectivity index (χ0n) is 22.9. The molecule has 39 heavy (non-hydrogen) atoms. The number of hydrogen-bond donors (Lipinski definition) is 4. The van der Waals surface area contributed by atoms with Crippen molar-refractivity contribution in [3.63, 3.8) is 0 Å². The zero-order valence-corrected chi connectivity index (χ0v) is 23.9. The predicted octanol–water partition coefficient (Wildman–Crippen LogP) is 1.25. The van der Waals surface area contributed by atoms with Crippen molar-refractivity contribution in [3.8, 4) is 11.5 Å². The van der Waals surface area contributed by atoms with Crippen LogP contribution in [0, 0.1) is 5.92 Å². The summed E-state index contributed by atoms with van der Waals surface area (Å²) in [6.07, 6.45) is 3.38. The number of carbonyl (C=O) groups is 3. The van der Waals surface area contributed by atoms with Crippen molar-refractivity contribution in [1.29, 1.82) is 0 Å². The van der Waals surface area contributed by atoms with E-state index in [0.717, 1.165) is 29.7 Å². The minimum atomic E-state index is -1.09. The molecule has 1 saturated heterocycles. The van der Waals surface area contributed by atoms with Gasteiger partial charge in [-0.25, -0.2) is 4.79 Å². The van der Waals surface area contributed by atoms with Gasteiger partial charge in [0.15, 0.2) is 11.5 Å². The van der Waals surface area contributed by atoms with Crippen molar-refractivity contribution in [3.05, 3.63) is 34.9 Å². The van der Waals surface area contributed by atoms with Crippen LogP contribution in [-0.4, -0.2) is 83.9 Å². The number of benzene rings is 1. The van der Waals surface area contributed by atoms with Crippen molar-refractivity contribution in [2.24, 2.45) is 5.92 Å². The average Bonchev–Trinajstić information content (AvgIpc) is 3.22. The number of carboxylic acid groups (broad SMARTS) is 1. The number of rotatable bonds is 9. The molecule has 5 rings (SSSR count). The third-order valence-electron chi connectivity index (χ3n) is 8.99. The summed E-state index contributed by atoms with van der Waals surface area (Å²) in [5.41, 5.74) is 1.31. The predicted molar refractivity (Wildman–Crippen MR) is 149 cm³/mol. The molecule has 5 atom stereocenters. The lowest BCUT2D eigenvalue weighted by molar-refractivity contribution is -0.158. The van der Waals surface area contributed by atoms with Crippen LogP contribution in [0.15, 0.2) is 23.8 Å². The van der Waals surface area contributed by atoms with E-state index in [1.165, 1.54) is 0 Å². The largest absolute Gasteiger partial charge is 0.493 e. The Morgan fingerprint density at radius 1 is 1.26 bits per heavy atom. The second-order valence-electron chi connectivity index (χ2n) is 11.4. The molecule has 2 amide bonds. The van der Waals surface area contributed by atoms with Gasteiger partial charge in [0, 0.05) is 24.6 Å². The minimum Gasteiger partial charge on any atom is -0.493 e. The Bertz CT molecular complexity index is 1200. The van der Waals surface area contributed by atoms with Crippen molar-refractivity contribution >= 4 is 31.3 Å². The fourth-order valence-electron chi connectivity index (χ4n) is 7.10. The van der Waals surface area contributed by atoms with E-state index in [4.69, 9.17) is 9.47 Å². The highest BCUT2D eigenvalue weighted by Crippen LogP contribution is 2.65. The number of carboxylic acids is 1. The number of aliphatic carboxylic acids is 1. The van der Waals surface area contributed by atoms with E-state index in [-0.39, 0.29) is 50.7 Å². The highest BCUT2D eigenvalue weighted by atomic mass is 32.1. The molecule has 4 aliphatic rings. The van der Waals surface area contributed by atoms with Gasteiger partial charge in [-0.3, -0.25) is 9.59 Å². The molecule has 0 aromatic heterocycles. The summed E-state index contributed by atoms with van der Waals surface area (Å²) >= 11 is 0. The number of hydrogen-bond acceptors (Lipinski definition) is 7. The van der Waals surface area contributed by atoms with Crippen LogP contribution < -0.4 is 20.1 Å². The Morgan fingerprint density at radius 2 is 2.00 bits per heavy atom. The third-order valence-corrected chi connectivity index (χ3v) is 8.99. The van der Waals surface area contributed by atoms with Gasteiger partial charge in [-0.1, -0.05) is 26.0 Å². The summed E-state index contributed by atoms with van der Waals surface area (Å²) < 4.78 is 12.2. The maximum Gasteiger partial charge on any atom is 0.326 e. The standard InChI is InChI=1S/C28H37N3O7.H2S/c1-15(2)23(26(34)35)30-20(32)8-11-29-21(33)14-17-7-9-28(36)19-13-16-5-6-18(37-4)24-22(16)27(28,25(17)38-24)10-12-31(19)3;/h5-7,15,19,23,25,36H,8-14H2,1-4H3,(H,29,33)(H,30,32)(H,34,35);1H2/t19-,23?,25?,27+,28-;/m1./s1. The first-order valence-corrected chi connectivity index (χ1v) is 13.3. The van der Waals surface area contributed by atoms with Crippen molar-refractivity contribution in [2.45, 2.75) is 75.2 Å². The van der Waals surface area contributed by atoms with Gasteiger partial charge in [0.05, 0.1) is 24.5 Å². The number of piperidine rings is 1. The molecule has 1 fully saturated rings. The number of likely N-dealkylation sites (tertiary alicyclic amines) is 1. The zero-order chi connectivity index (χ0) is 27.4. The first kappa shape index (κ1) is 29.2. The van der Waals surface area contributed by atoms with E-state index >= 15 is 0 Å². The van der Waals surface area contributed by atoms with E-state index in [1.54, 1.807) is 21.0 Å². The molecule has 1 spiro atoms. The van der Waals surface area contributed by atoms with Crippen molar-refractivity contribution < 1.29 is 34.1 Å². The smallest absolute Gasteiger partial charge is 0.326 e. The molecule has 2 heterocycles. The topological polar surface area (TPSA) is 137 Å². The number of carbonyl (C=O) groups excluding carboxylic acids is 2. The molecule has 2 aliphatic heterocycles. The normalized spacial score (nSPS) is 28.8. The highest BCUT2D eigenvalue weighted by Gasteiger charge is 2.71. The van der Waals surface area contributed by atoms with Gasteiger partial charge >= 0.3 is 5.97 Å². The maximum atomic E-state index is 13.0. The fraction of sp³-hybridized carbons (Fsp3) is 0.607. The first-order valence-electron chi connectivity index (χ1n) is 13.3. The maximum absolute atomic E-state index is 13.0. The molecule has 10 nitrogen and oxygen atoms in total. The Morgan fingerprint density at radius 3 is 2.67 bits per heavy atom. The summed E-state index contributed by atoms with van der Waals surface area (Å²) in [5.74, 6) is -0.728. The molecule has 4 N–H and O–H groups in total. The van der Waals surface area contributed by atoms with E-state index in [9.17, 15) is 24.6 Å². The number of methoxy groups -OCH3 is 1. The van der Waals surface area contributed by atoms with Crippen molar-refractivity contribution in [1.82, 2.24) is 15.5 Å². The van der Waals surface area contributed by atoms with E-state index in [2.05, 4.69) is 28.6 Å². The second-order valence-corrected chi connectivity index (χ2v) is 11.4. The summed E-state index contributed by atoms with van der Waals surface area (Å²) in [6, 6.07) is 2.96. The molecule has 11 heteroatoms. The number of aliphatic hydroxyl groups is 1. The van der Waals surface area contributed by atoms with Crippen LogP contribution in [0.2, 0.25) is 0 Å². The Kier molecular flexibility index (Phi) is 7.99. The van der Waals surface area contributed by atoms with Gasteiger partial charge in [-0.2, -0.15) is 13.5 Å². The molecule has 2 unspecified atom stereocenters. The van der Waals surface area contributed by atoms with Crippen LogP contribution in [0.25, 0.3) is 0 Å². The number of nitrogens with zero attached hydrogens (tertiary/aromatic N) is 1. The van der Waals surface area contributed by atoms with Gasteiger partial charge in [0.2, 0.25) is 11.8 Å². The second kappa shape index (κ2) is 10.7. The van der Waals surface area contributed by atoms with E-state index in [1.807, 2.05) is 12.1 Å². The van der Waals surface area contributed by atoms with Crippen LogP contribution in [0.3, 0.4) is 0 Å². The molecule has 1 aromatic carbocycles. The molecule has 2 aliphatic carbocycles. The molecule has 0 saturated carbocycles. The number of likely N-dealkylation sites (N-methyl/N-ethyl adjacent to an activating group) is 1. The molecule has 214 valence electrons. The Hall–Kier alpha value is -2.76. The number of nitrogens with one attached hydrogen (secondary N) is 2. The SMILES string of the molecule is COc1ccc2c3c1OC1C(CC(=O)NCCC(=O)NC(C(=O)O)C(C)C)=CC[C@@]4(O)[C@@H](C2)N(C)CC[C@]314.S. The average molecular weight is 562 g/mol. The van der Waals surface area contributed by atoms with Crippen LogP contribution in [-0.2, 0) is 26.2 Å². The van der Waals surface area contributed by atoms with Crippen LogP contribution >= 0.6 is 13.5 Å². The quantitative estimate of drug-likeness (QED) is 0.331. The Balaban J connectivity index is 0.00000353. The van der Waals surface area contributed by atoms with Gasteiger partial charge in [0.1, 0.15) is 12.1 Å². The van der Waals surface area contributed by atoms with Crippen LogP contribution in [0.1, 0.15) is 50.7 Å². The first-order chi connectivity index (χ1) is 18.0. The summed E-state index contributed by atoms with van der Waals surface area (Å²) in [6.45, 7) is 4.35. The van der Waals surface area contributed by atoms with E-state index in [0.29, 0.717) is 24.3 Å². The molecular weight excluding hydrogens is 522 g/mol. The molecular formula is C28H39N3O7S. The van der Waals surface area contributed by atoms with E-state index < -0.39 is 35.0 Å². The third kappa shape index (κ3) is 4.48. The molecule has 0 radical (unpaired) electrons. The Labute approximate surface area is 235 Å². The number of ether oxygens (including phenoxy) is 2. The number of amides is 2. The monoisotopic (exact) mass is 561 g/mol. The summed E-state index contributed by atoms with van der Waals surface area (Å²) in [4.78, 5) is 38.7. The highest BCUT2D eigenvalue weighted by molar-refractivity contribution is 7.59. The van der Waals surface area contributed by atoms with Gasteiger partial charge < -0.3 is 35.2 Å². The molecule has 2 bridgehead atoms. The summed E-state index contributed by atoms with van der Waals surface area (Å²) in [7, 11) is 3.66. The van der Waals surface area contributed by atoms with Crippen molar-refractivity contribution in [2.75, 3.05) is 27.2 Å². The lowest BCUT2D eigenvalue weighted by Crippen LogP contribution is -2.74. The van der Waals surface area contributed by atoms with Gasteiger partial charge in [-0.15, -0.1) is 0 Å². The van der Waals surface area contributed by atoms with Gasteiger partial charge in [0.25, 0.3) is 0 Å². The van der Waals surface area contributed by atoms with Crippen LogP contribution in [0.5, 0.6) is 11.5 Å². The lowest BCUT2D eigenvalue weighted by atomic mass is 9.49. The summed E-state index contributed by atoms with van der Waals surface area (Å²) in [5, 5.41) is 26.8. The van der Waals surface area contributed by atoms with Gasteiger partial charge in [-0.05, 0) is 56.0 Å². The van der Waals surface area contributed by atoms with Crippen LogP contribution in [0.4, 0.5) is 0 Å². The minimum absolute atomic E-state index is 0.